The van der Waals surface area contributed by atoms with Crippen molar-refractivity contribution in [3.63, 3.8) is 0 Å². The Kier molecular flexibility index (Phi) is 4.94. The van der Waals surface area contributed by atoms with E-state index in [0.29, 0.717) is 19.4 Å². The first-order valence-corrected chi connectivity index (χ1v) is 11.7. The predicted molar refractivity (Wildman–Crippen MR) is 106 cm³/mol. The average molecular weight is 455 g/mol. The first-order chi connectivity index (χ1) is 12.4. The van der Waals surface area contributed by atoms with Gasteiger partial charge in [0.15, 0.2) is 0 Å². The number of benzene rings is 1. The summed E-state index contributed by atoms with van der Waals surface area (Å²) in [7, 11) is -3.65. The Morgan fingerprint density at radius 1 is 1.15 bits per heavy atom. The Balaban J connectivity index is 1.53. The Bertz CT molecular complexity index is 955. The van der Waals surface area contributed by atoms with Crippen LogP contribution in [0.1, 0.15) is 30.4 Å². The summed E-state index contributed by atoms with van der Waals surface area (Å²) in [4.78, 5) is 12.8. The predicted octanol–water partition coefficient (Wildman–Crippen LogP) is 3.79. The molecule has 1 aliphatic heterocycles. The van der Waals surface area contributed by atoms with Gasteiger partial charge >= 0.3 is 0 Å². The van der Waals surface area contributed by atoms with Crippen molar-refractivity contribution in [2.75, 3.05) is 11.9 Å². The van der Waals surface area contributed by atoms with Gasteiger partial charge in [0.2, 0.25) is 5.91 Å². The molecule has 0 bridgehead atoms. The number of nitrogens with zero attached hydrogens (tertiary/aromatic N) is 1. The lowest BCUT2D eigenvalue weighted by atomic mass is 10.1. The third kappa shape index (κ3) is 3.35. The van der Waals surface area contributed by atoms with E-state index in [1.54, 1.807) is 12.1 Å². The van der Waals surface area contributed by atoms with Crippen molar-refractivity contribution in [3.8, 4) is 0 Å². The Labute approximate surface area is 165 Å². The Morgan fingerprint density at radius 2 is 1.96 bits per heavy atom. The molecule has 0 radical (unpaired) electrons. The van der Waals surface area contributed by atoms with Crippen LogP contribution >= 0.6 is 27.3 Å². The van der Waals surface area contributed by atoms with Crippen LogP contribution in [0, 0.1) is 0 Å². The van der Waals surface area contributed by atoms with Crippen LogP contribution in [-0.2, 0) is 27.7 Å². The highest BCUT2D eigenvalue weighted by Gasteiger charge is 2.40. The monoisotopic (exact) mass is 454 g/mol. The number of hydrogen-bond donors (Lipinski definition) is 1. The molecule has 138 valence electrons. The summed E-state index contributed by atoms with van der Waals surface area (Å²) >= 11 is 4.47. The number of carbonyl (C=O) groups is 1. The number of thiophene rings is 1. The molecule has 8 heteroatoms. The van der Waals surface area contributed by atoms with Gasteiger partial charge in [-0.15, -0.1) is 11.3 Å². The van der Waals surface area contributed by atoms with Crippen LogP contribution in [0.2, 0.25) is 0 Å². The van der Waals surface area contributed by atoms with Gasteiger partial charge in [-0.05, 0) is 83.4 Å². The summed E-state index contributed by atoms with van der Waals surface area (Å²) in [5.41, 5.74) is 3.37. The van der Waals surface area contributed by atoms with E-state index in [9.17, 15) is 13.2 Å². The molecule has 1 N–H and O–H groups in total. The van der Waals surface area contributed by atoms with E-state index in [2.05, 4.69) is 27.3 Å². The summed E-state index contributed by atoms with van der Waals surface area (Å²) < 4.78 is 28.2. The van der Waals surface area contributed by atoms with Crippen LogP contribution in [0.5, 0.6) is 0 Å². The highest BCUT2D eigenvalue weighted by Crippen LogP contribution is 2.33. The summed E-state index contributed by atoms with van der Waals surface area (Å²) in [5.74, 6) is -0.250. The minimum atomic E-state index is -3.65. The fourth-order valence-electron chi connectivity index (χ4n) is 3.72. The van der Waals surface area contributed by atoms with Gasteiger partial charge in [-0.25, -0.2) is 8.42 Å². The molecule has 5 nitrogen and oxygen atoms in total. The molecule has 0 saturated carbocycles. The molecule has 1 fully saturated rings. The zero-order chi connectivity index (χ0) is 18.3. The highest BCUT2D eigenvalue weighted by molar-refractivity contribution is 9.11. The topological polar surface area (TPSA) is 66.5 Å². The van der Waals surface area contributed by atoms with Crippen molar-refractivity contribution >= 4 is 48.9 Å². The van der Waals surface area contributed by atoms with E-state index in [4.69, 9.17) is 0 Å². The summed E-state index contributed by atoms with van der Waals surface area (Å²) in [6.45, 7) is 0.375. The lowest BCUT2D eigenvalue weighted by Crippen LogP contribution is -2.42. The lowest BCUT2D eigenvalue weighted by Gasteiger charge is -2.22. The molecule has 1 atom stereocenters. The van der Waals surface area contributed by atoms with Gasteiger partial charge in [-0.3, -0.25) is 4.79 Å². The molecule has 1 amide bonds. The quantitative estimate of drug-likeness (QED) is 0.763. The molecule has 26 heavy (non-hydrogen) atoms. The van der Waals surface area contributed by atoms with Gasteiger partial charge in [-0.2, -0.15) is 4.31 Å². The van der Waals surface area contributed by atoms with Crippen LogP contribution < -0.4 is 5.32 Å². The molecule has 0 spiro atoms. The third-order valence-electron chi connectivity index (χ3n) is 4.98. The number of carbonyl (C=O) groups excluding carboxylic acids is 1. The molecule has 2 heterocycles. The van der Waals surface area contributed by atoms with Crippen molar-refractivity contribution in [1.82, 2.24) is 4.31 Å². The number of fused-ring (bicyclic) bond motifs is 1. The number of amides is 1. The smallest absolute Gasteiger partial charge is 0.253 e. The van der Waals surface area contributed by atoms with Crippen LogP contribution in [-0.4, -0.2) is 31.2 Å². The lowest BCUT2D eigenvalue weighted by molar-refractivity contribution is -0.119. The molecule has 1 unspecified atom stereocenters. The Morgan fingerprint density at radius 3 is 2.73 bits per heavy atom. The molecule has 1 saturated heterocycles. The number of nitrogens with one attached hydrogen (secondary N) is 1. The van der Waals surface area contributed by atoms with Crippen molar-refractivity contribution in [2.24, 2.45) is 0 Å². The van der Waals surface area contributed by atoms with Gasteiger partial charge in [0.25, 0.3) is 10.0 Å². The summed E-state index contributed by atoms with van der Waals surface area (Å²) in [6, 6.07) is 8.63. The maximum Gasteiger partial charge on any atom is 0.253 e. The van der Waals surface area contributed by atoms with Gasteiger partial charge in [0.05, 0.1) is 3.79 Å². The zero-order valence-electron chi connectivity index (χ0n) is 14.1. The number of sulfonamides is 1. The second-order valence-corrected chi connectivity index (χ2v) is 11.2. The van der Waals surface area contributed by atoms with Crippen molar-refractivity contribution in [1.29, 1.82) is 0 Å². The van der Waals surface area contributed by atoms with Gasteiger partial charge in [0, 0.05) is 12.2 Å². The maximum atomic E-state index is 12.9. The number of anilines is 1. The molecular formula is C18H19BrN2O3S2. The standard InChI is InChI=1S/C18H19BrN2O3S2/c19-16-8-9-17(25-16)26(23,24)21-10-2-5-15(21)18(22)20-14-7-6-12-3-1-4-13(12)11-14/h6-9,11,15H,1-5,10H2,(H,20,22). The zero-order valence-corrected chi connectivity index (χ0v) is 17.3. The SMILES string of the molecule is O=C(Nc1ccc2c(c1)CCC2)C1CCCN1S(=O)(=O)c1ccc(Br)s1. The van der Waals surface area contributed by atoms with Crippen LogP contribution in [0.25, 0.3) is 0 Å². The second kappa shape index (κ2) is 7.07. The first kappa shape index (κ1) is 18.2. The van der Waals surface area contributed by atoms with Gasteiger partial charge in [-0.1, -0.05) is 6.07 Å². The normalized spacial score (nSPS) is 20.3. The van der Waals surface area contributed by atoms with E-state index in [-0.39, 0.29) is 10.1 Å². The van der Waals surface area contributed by atoms with E-state index >= 15 is 0 Å². The largest absolute Gasteiger partial charge is 0.325 e. The van der Waals surface area contributed by atoms with Crippen molar-refractivity contribution in [3.05, 3.63) is 45.2 Å². The van der Waals surface area contributed by atoms with Crippen LogP contribution in [0.15, 0.2) is 38.3 Å². The molecule has 2 aromatic rings. The Hall–Kier alpha value is -1.22. The number of halogens is 1. The number of hydrogen-bond acceptors (Lipinski definition) is 4. The minimum Gasteiger partial charge on any atom is -0.325 e. The van der Waals surface area contributed by atoms with Crippen molar-refractivity contribution < 1.29 is 13.2 Å². The third-order valence-corrected chi connectivity index (χ3v) is 8.98. The molecule has 2 aliphatic rings. The van der Waals surface area contributed by atoms with E-state index in [0.717, 1.165) is 28.7 Å². The fourth-order valence-corrected chi connectivity index (χ4v) is 7.51. The molecule has 1 aromatic heterocycles. The van der Waals surface area contributed by atoms with E-state index in [1.807, 2.05) is 12.1 Å². The molecule has 1 aromatic carbocycles. The molecule has 4 rings (SSSR count). The van der Waals surface area contributed by atoms with Crippen molar-refractivity contribution in [2.45, 2.75) is 42.4 Å². The minimum absolute atomic E-state index is 0.250. The maximum absolute atomic E-state index is 12.9. The van der Waals surface area contributed by atoms with Crippen LogP contribution in [0.3, 0.4) is 0 Å². The van der Waals surface area contributed by atoms with Gasteiger partial charge < -0.3 is 5.32 Å². The number of rotatable bonds is 4. The summed E-state index contributed by atoms with van der Waals surface area (Å²) in [6.07, 6.45) is 4.51. The highest BCUT2D eigenvalue weighted by atomic mass is 79.9. The van der Waals surface area contributed by atoms with Crippen LogP contribution in [0.4, 0.5) is 5.69 Å². The fraction of sp³-hybridized carbons (Fsp3) is 0.389. The van der Waals surface area contributed by atoms with E-state index in [1.165, 1.54) is 26.8 Å². The molecule has 1 aliphatic carbocycles. The van der Waals surface area contributed by atoms with E-state index < -0.39 is 16.1 Å². The molecular weight excluding hydrogens is 436 g/mol. The average Bonchev–Trinajstić information content (AvgIpc) is 3.34. The number of aryl methyl sites for hydroxylation is 2. The second-order valence-electron chi connectivity index (χ2n) is 6.66. The summed E-state index contributed by atoms with van der Waals surface area (Å²) in [5, 5.41) is 2.92. The first-order valence-electron chi connectivity index (χ1n) is 8.65. The van der Waals surface area contributed by atoms with Gasteiger partial charge in [0.1, 0.15) is 10.3 Å².